The lowest BCUT2D eigenvalue weighted by atomic mass is 9.71. The zero-order valence-electron chi connectivity index (χ0n) is 15.3. The van der Waals surface area contributed by atoms with Crippen molar-refractivity contribution in [1.82, 2.24) is 4.90 Å². The van der Waals surface area contributed by atoms with Crippen LogP contribution in [0.25, 0.3) is 0 Å². The van der Waals surface area contributed by atoms with Crippen molar-refractivity contribution < 1.29 is 19.1 Å². The molecule has 1 aliphatic carbocycles. The van der Waals surface area contributed by atoms with Gasteiger partial charge in [-0.25, -0.2) is 4.39 Å². The van der Waals surface area contributed by atoms with E-state index in [4.69, 9.17) is 0 Å². The molecule has 3 aliphatic rings. The number of rotatable bonds is 3. The lowest BCUT2D eigenvalue weighted by Gasteiger charge is -2.59. The van der Waals surface area contributed by atoms with Gasteiger partial charge in [-0.2, -0.15) is 0 Å². The normalized spacial score (nSPS) is 25.6. The van der Waals surface area contributed by atoms with Crippen molar-refractivity contribution in [3.8, 4) is 0 Å². The fourth-order valence-corrected chi connectivity index (χ4v) is 4.70. The summed E-state index contributed by atoms with van der Waals surface area (Å²) in [5, 5.41) is 9.94. The maximum atomic E-state index is 13.6. The summed E-state index contributed by atoms with van der Waals surface area (Å²) >= 11 is 0. The Morgan fingerprint density at radius 3 is 2.61 bits per heavy atom. The molecule has 1 N–H and O–H groups in total. The number of carbonyl (C=O) groups is 2. The highest BCUT2D eigenvalue weighted by atomic mass is 19.1. The Morgan fingerprint density at radius 1 is 1.11 bits per heavy atom. The molecule has 28 heavy (non-hydrogen) atoms. The first-order valence-electron chi connectivity index (χ1n) is 9.69. The van der Waals surface area contributed by atoms with E-state index in [9.17, 15) is 19.1 Å². The summed E-state index contributed by atoms with van der Waals surface area (Å²) in [6.07, 6.45) is 1.79. The number of carbonyl (C=O) groups excluding carboxylic acids is 2. The fourth-order valence-electron chi connectivity index (χ4n) is 4.70. The average molecular weight is 380 g/mol. The number of hydrogen-bond acceptors (Lipinski definition) is 3. The first-order chi connectivity index (χ1) is 13.6. The molecule has 6 heteroatoms. The highest BCUT2D eigenvalue weighted by Crippen LogP contribution is 2.50. The van der Waals surface area contributed by atoms with Gasteiger partial charge in [-0.15, -0.1) is 0 Å². The number of benzene rings is 2. The van der Waals surface area contributed by atoms with Gasteiger partial charge in [0, 0.05) is 29.6 Å². The van der Waals surface area contributed by atoms with Crippen molar-refractivity contribution >= 4 is 17.5 Å². The molecule has 2 aromatic rings. The number of amides is 2. The van der Waals surface area contributed by atoms with Crippen LogP contribution in [-0.4, -0.2) is 47.1 Å². The van der Waals surface area contributed by atoms with Gasteiger partial charge in [-0.05, 0) is 42.7 Å². The summed E-state index contributed by atoms with van der Waals surface area (Å²) < 4.78 is 13.6. The van der Waals surface area contributed by atoms with Crippen LogP contribution < -0.4 is 4.90 Å². The molecule has 0 unspecified atom stereocenters. The van der Waals surface area contributed by atoms with Gasteiger partial charge in [0.2, 0.25) is 5.91 Å². The van der Waals surface area contributed by atoms with Crippen LogP contribution in [0.2, 0.25) is 0 Å². The molecule has 0 aromatic heterocycles. The maximum Gasteiger partial charge on any atom is 0.258 e. The predicted molar refractivity (Wildman–Crippen MR) is 101 cm³/mol. The van der Waals surface area contributed by atoms with Gasteiger partial charge < -0.3 is 14.9 Å². The molecule has 1 saturated carbocycles. The molecule has 144 valence electrons. The molecule has 1 saturated heterocycles. The molecule has 2 fully saturated rings. The zero-order valence-corrected chi connectivity index (χ0v) is 15.3. The quantitative estimate of drug-likeness (QED) is 0.890. The van der Waals surface area contributed by atoms with Crippen molar-refractivity contribution in [3.05, 3.63) is 65.5 Å². The average Bonchev–Trinajstić information content (AvgIpc) is 3.53. The van der Waals surface area contributed by atoms with Crippen LogP contribution >= 0.6 is 0 Å². The summed E-state index contributed by atoms with van der Waals surface area (Å²) in [6, 6.07) is 12.9. The van der Waals surface area contributed by atoms with Crippen LogP contribution in [0.5, 0.6) is 0 Å². The third-order valence-electron chi connectivity index (χ3n) is 6.18. The molecule has 5 nitrogen and oxygen atoms in total. The Balaban J connectivity index is 1.53. The van der Waals surface area contributed by atoms with E-state index in [0.29, 0.717) is 6.54 Å². The third kappa shape index (κ3) is 2.55. The number of hydrogen-bond donors (Lipinski definition) is 1. The maximum absolute atomic E-state index is 13.6. The van der Waals surface area contributed by atoms with E-state index in [0.717, 1.165) is 24.1 Å². The standard InChI is InChI=1S/C22H21FN2O3/c23-15-5-3-4-14(10-15)21(27)24-11-18-20(16-6-1-2-7-17(16)24)19(12-26)25(18)22(28)13-8-9-13/h1-7,10,13,18-20,26H,8-9,11-12H2/t18-,19-,20+/m0/s1. The summed E-state index contributed by atoms with van der Waals surface area (Å²) in [7, 11) is 0. The highest BCUT2D eigenvalue weighted by Gasteiger charge is 2.56. The minimum atomic E-state index is -0.455. The monoisotopic (exact) mass is 380 g/mol. The largest absolute Gasteiger partial charge is 0.394 e. The van der Waals surface area contributed by atoms with Crippen LogP contribution in [0.1, 0.15) is 34.7 Å². The van der Waals surface area contributed by atoms with Crippen molar-refractivity contribution in [2.75, 3.05) is 18.1 Å². The second kappa shape index (κ2) is 6.41. The highest BCUT2D eigenvalue weighted by molar-refractivity contribution is 6.07. The topological polar surface area (TPSA) is 60.9 Å². The van der Waals surface area contributed by atoms with Gasteiger partial charge >= 0.3 is 0 Å². The van der Waals surface area contributed by atoms with Crippen molar-refractivity contribution in [3.63, 3.8) is 0 Å². The van der Waals surface area contributed by atoms with Gasteiger partial charge in [0.1, 0.15) is 5.82 Å². The lowest BCUT2D eigenvalue weighted by molar-refractivity contribution is -0.151. The second-order valence-electron chi connectivity index (χ2n) is 7.85. The number of halogens is 1. The smallest absolute Gasteiger partial charge is 0.258 e. The molecule has 2 amide bonds. The van der Waals surface area contributed by atoms with Crippen LogP contribution in [0.4, 0.5) is 10.1 Å². The molecule has 5 rings (SSSR count). The van der Waals surface area contributed by atoms with E-state index in [-0.39, 0.29) is 47.9 Å². The van der Waals surface area contributed by atoms with Gasteiger partial charge in [0.05, 0.1) is 18.7 Å². The van der Waals surface area contributed by atoms with E-state index in [2.05, 4.69) is 0 Å². The molecule has 0 spiro atoms. The zero-order chi connectivity index (χ0) is 19.4. The Hall–Kier alpha value is -2.73. The van der Waals surface area contributed by atoms with Crippen LogP contribution in [0.3, 0.4) is 0 Å². The molecule has 2 heterocycles. The molecule has 2 aliphatic heterocycles. The molecular formula is C22H21FN2O3. The number of likely N-dealkylation sites (tertiary alicyclic amines) is 1. The molecule has 0 bridgehead atoms. The third-order valence-corrected chi connectivity index (χ3v) is 6.18. The SMILES string of the molecule is O=C(c1cccc(F)c1)N1C[C@H]2[C@@H](c3ccccc31)[C@H](CO)N2C(=O)C1CC1. The molecule has 2 aromatic carbocycles. The van der Waals surface area contributed by atoms with Crippen LogP contribution in [0, 0.1) is 11.7 Å². The van der Waals surface area contributed by atoms with Gasteiger partial charge in [0.25, 0.3) is 5.91 Å². The number of aliphatic hydroxyl groups is 1. The van der Waals surface area contributed by atoms with Gasteiger partial charge in [0.15, 0.2) is 0 Å². The Labute approximate surface area is 162 Å². The summed E-state index contributed by atoms with van der Waals surface area (Å²) in [4.78, 5) is 29.4. The van der Waals surface area contributed by atoms with Crippen molar-refractivity contribution in [2.45, 2.75) is 30.8 Å². The number of fused-ring (bicyclic) bond motifs is 3. The summed E-state index contributed by atoms with van der Waals surface area (Å²) in [5.74, 6) is -0.585. The van der Waals surface area contributed by atoms with Gasteiger partial charge in [-0.1, -0.05) is 24.3 Å². The Kier molecular flexibility index (Phi) is 3.98. The van der Waals surface area contributed by atoms with Crippen LogP contribution in [-0.2, 0) is 4.79 Å². The number of nitrogens with zero attached hydrogens (tertiary/aromatic N) is 2. The summed E-state index contributed by atoms with van der Waals surface area (Å²) in [5.41, 5.74) is 2.02. The number of anilines is 1. The molecule has 3 atom stereocenters. The Bertz CT molecular complexity index is 958. The van der Waals surface area contributed by atoms with E-state index in [1.165, 1.54) is 18.2 Å². The van der Waals surface area contributed by atoms with E-state index < -0.39 is 5.82 Å². The van der Waals surface area contributed by atoms with Crippen molar-refractivity contribution in [1.29, 1.82) is 0 Å². The number of aliphatic hydroxyl groups excluding tert-OH is 1. The minimum absolute atomic E-state index is 0.0143. The van der Waals surface area contributed by atoms with Gasteiger partial charge in [-0.3, -0.25) is 9.59 Å². The van der Waals surface area contributed by atoms with E-state index >= 15 is 0 Å². The van der Waals surface area contributed by atoms with E-state index in [1.54, 1.807) is 15.9 Å². The second-order valence-corrected chi connectivity index (χ2v) is 7.85. The first kappa shape index (κ1) is 17.4. The Morgan fingerprint density at radius 2 is 1.89 bits per heavy atom. The van der Waals surface area contributed by atoms with Crippen LogP contribution in [0.15, 0.2) is 48.5 Å². The predicted octanol–water partition coefficient (Wildman–Crippen LogP) is 2.55. The fraction of sp³-hybridized carbons (Fsp3) is 0.364. The lowest BCUT2D eigenvalue weighted by Crippen LogP contribution is -2.71. The minimum Gasteiger partial charge on any atom is -0.394 e. The molecule has 0 radical (unpaired) electrons. The summed E-state index contributed by atoms with van der Waals surface area (Å²) in [6.45, 7) is 0.262. The molecular weight excluding hydrogens is 359 g/mol. The first-order valence-corrected chi connectivity index (χ1v) is 9.69. The number of para-hydroxylation sites is 1. The van der Waals surface area contributed by atoms with Crippen molar-refractivity contribution in [2.24, 2.45) is 5.92 Å². The van der Waals surface area contributed by atoms with E-state index in [1.807, 2.05) is 24.3 Å².